The third kappa shape index (κ3) is 4.51. The van der Waals surface area contributed by atoms with Crippen LogP contribution in [0.15, 0.2) is 60.7 Å². The van der Waals surface area contributed by atoms with Gasteiger partial charge in [-0.2, -0.15) is 5.26 Å². The van der Waals surface area contributed by atoms with E-state index in [1.165, 1.54) is 7.11 Å². The minimum absolute atomic E-state index is 0.0548. The molecular formula is C28H25NO5. The van der Waals surface area contributed by atoms with Crippen molar-refractivity contribution in [2.75, 3.05) is 13.7 Å². The highest BCUT2D eigenvalue weighted by Gasteiger charge is 2.27. The Hall–Kier alpha value is -4.11. The van der Waals surface area contributed by atoms with Crippen molar-refractivity contribution in [1.82, 2.24) is 0 Å². The number of hydrogen-bond donors (Lipinski definition) is 0. The Morgan fingerprint density at radius 1 is 1.00 bits per heavy atom. The number of nitrogens with zero attached hydrogens (tertiary/aromatic N) is 1. The summed E-state index contributed by atoms with van der Waals surface area (Å²) in [5.74, 6) is 0.912. The first-order valence-electron chi connectivity index (χ1n) is 11.1. The molecule has 0 spiro atoms. The number of carbonyl (C=O) groups excluding carboxylic acids is 2. The molecule has 1 aliphatic rings. The highest BCUT2D eigenvalue weighted by atomic mass is 16.5. The summed E-state index contributed by atoms with van der Waals surface area (Å²) in [6, 6.07) is 19.9. The second-order valence-corrected chi connectivity index (χ2v) is 8.38. The molecule has 6 nitrogen and oxygen atoms in total. The Labute approximate surface area is 198 Å². The Kier molecular flexibility index (Phi) is 6.65. The molecule has 0 fully saturated rings. The second-order valence-electron chi connectivity index (χ2n) is 8.38. The van der Waals surface area contributed by atoms with E-state index in [0.29, 0.717) is 41.2 Å². The molecule has 0 aromatic heterocycles. The van der Waals surface area contributed by atoms with Gasteiger partial charge in [0.05, 0.1) is 36.5 Å². The van der Waals surface area contributed by atoms with E-state index in [1.54, 1.807) is 30.3 Å². The van der Waals surface area contributed by atoms with Gasteiger partial charge in [-0.15, -0.1) is 0 Å². The van der Waals surface area contributed by atoms with Crippen LogP contribution in [-0.2, 0) is 4.74 Å². The van der Waals surface area contributed by atoms with Crippen LogP contribution in [0.1, 0.15) is 75.3 Å². The Balaban J connectivity index is 1.79. The SMILES string of the molecule is COC(=O)c1ccc([C@H](Oc2ccc3c(c2C(C)C)OCCC3=O)c2ccc(C#N)cc2)cc1. The van der Waals surface area contributed by atoms with Crippen molar-refractivity contribution in [3.8, 4) is 17.6 Å². The summed E-state index contributed by atoms with van der Waals surface area (Å²) in [6.45, 7) is 4.42. The maximum Gasteiger partial charge on any atom is 0.337 e. The van der Waals surface area contributed by atoms with Crippen molar-refractivity contribution in [3.63, 3.8) is 0 Å². The molecular weight excluding hydrogens is 430 g/mol. The minimum atomic E-state index is -0.519. The predicted molar refractivity (Wildman–Crippen MR) is 126 cm³/mol. The van der Waals surface area contributed by atoms with Gasteiger partial charge in [0.25, 0.3) is 0 Å². The van der Waals surface area contributed by atoms with Crippen molar-refractivity contribution >= 4 is 11.8 Å². The third-order valence-corrected chi connectivity index (χ3v) is 5.83. The summed E-state index contributed by atoms with van der Waals surface area (Å²) in [7, 11) is 1.34. The van der Waals surface area contributed by atoms with Crippen molar-refractivity contribution in [1.29, 1.82) is 5.26 Å². The first-order valence-corrected chi connectivity index (χ1v) is 11.1. The number of fused-ring (bicyclic) bond motifs is 1. The van der Waals surface area contributed by atoms with Gasteiger partial charge in [-0.1, -0.05) is 38.1 Å². The van der Waals surface area contributed by atoms with Crippen molar-refractivity contribution in [2.24, 2.45) is 0 Å². The highest BCUT2D eigenvalue weighted by Crippen LogP contribution is 2.42. The maximum atomic E-state index is 12.4. The van der Waals surface area contributed by atoms with E-state index in [2.05, 4.69) is 6.07 Å². The molecule has 0 N–H and O–H groups in total. The summed E-state index contributed by atoms with van der Waals surface area (Å²) >= 11 is 0. The van der Waals surface area contributed by atoms with Crippen LogP contribution >= 0.6 is 0 Å². The molecule has 0 saturated carbocycles. The number of hydrogen-bond acceptors (Lipinski definition) is 6. The molecule has 0 saturated heterocycles. The first kappa shape index (κ1) is 23.1. The summed E-state index contributed by atoms with van der Waals surface area (Å²) in [6.07, 6.45) is -0.153. The van der Waals surface area contributed by atoms with Gasteiger partial charge in [0.2, 0.25) is 0 Å². The zero-order valence-electron chi connectivity index (χ0n) is 19.3. The Bertz CT molecular complexity index is 1250. The van der Waals surface area contributed by atoms with Crippen LogP contribution in [0.5, 0.6) is 11.5 Å². The molecule has 0 amide bonds. The lowest BCUT2D eigenvalue weighted by atomic mass is 9.93. The molecule has 0 aliphatic carbocycles. The molecule has 1 heterocycles. The number of Topliss-reactive ketones (excluding diaryl/α,β-unsaturated/α-hetero) is 1. The van der Waals surface area contributed by atoms with E-state index in [1.807, 2.05) is 44.2 Å². The molecule has 0 unspecified atom stereocenters. The molecule has 6 heteroatoms. The van der Waals surface area contributed by atoms with Crippen LogP contribution in [0.25, 0.3) is 0 Å². The van der Waals surface area contributed by atoms with Gasteiger partial charge in [0, 0.05) is 12.0 Å². The van der Waals surface area contributed by atoms with Crippen molar-refractivity contribution in [3.05, 3.63) is 94.0 Å². The van der Waals surface area contributed by atoms with E-state index < -0.39 is 12.1 Å². The fourth-order valence-electron chi connectivity index (χ4n) is 4.09. The second kappa shape index (κ2) is 9.80. The quantitative estimate of drug-likeness (QED) is 0.450. The molecule has 3 aromatic rings. The number of benzene rings is 3. The van der Waals surface area contributed by atoms with Crippen LogP contribution in [0.4, 0.5) is 0 Å². The Morgan fingerprint density at radius 3 is 2.24 bits per heavy atom. The van der Waals surface area contributed by atoms with Crippen molar-refractivity contribution in [2.45, 2.75) is 32.3 Å². The van der Waals surface area contributed by atoms with Gasteiger partial charge < -0.3 is 14.2 Å². The summed E-state index contributed by atoms with van der Waals surface area (Å²) in [5, 5.41) is 9.19. The number of esters is 1. The lowest BCUT2D eigenvalue weighted by molar-refractivity contribution is 0.0600. The number of carbonyl (C=O) groups is 2. The molecule has 0 radical (unpaired) electrons. The number of ketones is 1. The van der Waals surface area contributed by atoms with E-state index in [9.17, 15) is 14.9 Å². The van der Waals surface area contributed by atoms with E-state index >= 15 is 0 Å². The zero-order valence-corrected chi connectivity index (χ0v) is 19.3. The molecule has 1 aliphatic heterocycles. The fraction of sp³-hybridized carbons (Fsp3) is 0.250. The van der Waals surface area contributed by atoms with Crippen LogP contribution in [0.3, 0.4) is 0 Å². The van der Waals surface area contributed by atoms with Gasteiger partial charge in [0.15, 0.2) is 5.78 Å². The highest BCUT2D eigenvalue weighted by molar-refractivity contribution is 6.00. The molecule has 0 bridgehead atoms. The van der Waals surface area contributed by atoms with Gasteiger partial charge in [-0.05, 0) is 53.4 Å². The summed E-state index contributed by atoms with van der Waals surface area (Å²) in [5.41, 5.74) is 4.08. The van der Waals surface area contributed by atoms with Gasteiger partial charge in [-0.25, -0.2) is 4.79 Å². The van der Waals surface area contributed by atoms with E-state index in [-0.39, 0.29) is 11.7 Å². The number of methoxy groups -OCH3 is 1. The van der Waals surface area contributed by atoms with Gasteiger partial charge >= 0.3 is 5.97 Å². The topological polar surface area (TPSA) is 85.6 Å². The average Bonchev–Trinajstić information content (AvgIpc) is 2.86. The third-order valence-electron chi connectivity index (χ3n) is 5.83. The molecule has 4 rings (SSSR count). The zero-order chi connectivity index (χ0) is 24.2. The predicted octanol–water partition coefficient (Wildman–Crippen LogP) is 5.60. The smallest absolute Gasteiger partial charge is 0.337 e. The molecule has 34 heavy (non-hydrogen) atoms. The van der Waals surface area contributed by atoms with Crippen LogP contribution in [0, 0.1) is 11.3 Å². The minimum Gasteiger partial charge on any atom is -0.492 e. The lowest BCUT2D eigenvalue weighted by Crippen LogP contribution is -2.18. The summed E-state index contributed by atoms with van der Waals surface area (Å²) in [4.78, 5) is 24.3. The average molecular weight is 456 g/mol. The molecule has 172 valence electrons. The van der Waals surface area contributed by atoms with Crippen molar-refractivity contribution < 1.29 is 23.8 Å². The van der Waals surface area contributed by atoms with Gasteiger partial charge in [0.1, 0.15) is 17.6 Å². The van der Waals surface area contributed by atoms with E-state index in [4.69, 9.17) is 14.2 Å². The number of ether oxygens (including phenoxy) is 3. The molecule has 1 atom stereocenters. The number of nitriles is 1. The lowest BCUT2D eigenvalue weighted by Gasteiger charge is -2.27. The fourth-order valence-corrected chi connectivity index (χ4v) is 4.09. The van der Waals surface area contributed by atoms with E-state index in [0.717, 1.165) is 16.7 Å². The standard InChI is InChI=1S/C28H25NO5/c1-17(2)25-24(13-12-22-23(30)14-15-33-27(22)25)34-26(19-6-4-18(16-29)5-7-19)20-8-10-21(11-9-20)28(31)32-3/h4-13,17,26H,14-15H2,1-3H3/t26-/m1/s1. The summed E-state index contributed by atoms with van der Waals surface area (Å²) < 4.78 is 17.3. The normalized spacial score (nSPS) is 13.4. The van der Waals surface area contributed by atoms with Gasteiger partial charge in [-0.3, -0.25) is 4.79 Å². The monoisotopic (exact) mass is 455 g/mol. The maximum absolute atomic E-state index is 12.4. The van der Waals surface area contributed by atoms with Crippen LogP contribution in [-0.4, -0.2) is 25.5 Å². The first-order chi connectivity index (χ1) is 16.4. The largest absolute Gasteiger partial charge is 0.492 e. The molecule has 3 aromatic carbocycles. The van der Waals surface area contributed by atoms with Crippen LogP contribution < -0.4 is 9.47 Å². The van der Waals surface area contributed by atoms with Crippen LogP contribution in [0.2, 0.25) is 0 Å². The Morgan fingerprint density at radius 2 is 1.65 bits per heavy atom. The number of rotatable bonds is 6.